The Morgan fingerprint density at radius 2 is 1.72 bits per heavy atom. The number of benzene rings is 3. The molecule has 0 saturated carbocycles. The second kappa shape index (κ2) is 10.6. The maximum atomic E-state index is 12.9. The summed E-state index contributed by atoms with van der Waals surface area (Å²) in [5.74, 6) is -0.227. The molecule has 3 rings (SSSR count). The topological polar surface area (TPSA) is 84.5 Å². The zero-order chi connectivity index (χ0) is 23.1. The van der Waals surface area contributed by atoms with Gasteiger partial charge in [0.2, 0.25) is 10.0 Å². The van der Waals surface area contributed by atoms with Crippen molar-refractivity contribution in [2.24, 2.45) is 0 Å². The summed E-state index contributed by atoms with van der Waals surface area (Å²) in [6.07, 6.45) is 0.543. The number of nitrogens with one attached hydrogen (secondary N) is 2. The van der Waals surface area contributed by atoms with Gasteiger partial charge in [0, 0.05) is 17.1 Å². The minimum absolute atomic E-state index is 0.0835. The fourth-order valence-electron chi connectivity index (χ4n) is 3.19. The van der Waals surface area contributed by atoms with Gasteiger partial charge in [-0.05, 0) is 54.8 Å². The molecular formula is C24H25ClN2O4S. The minimum atomic E-state index is -3.88. The molecule has 0 bridgehead atoms. The average molecular weight is 473 g/mol. The molecule has 0 spiro atoms. The van der Waals surface area contributed by atoms with E-state index in [1.807, 2.05) is 49.4 Å². The van der Waals surface area contributed by atoms with Crippen molar-refractivity contribution >= 4 is 27.5 Å². The minimum Gasteiger partial charge on any atom is -0.495 e. The molecule has 0 radical (unpaired) electrons. The van der Waals surface area contributed by atoms with Gasteiger partial charge in [-0.25, -0.2) is 13.1 Å². The molecule has 1 amide bonds. The normalized spacial score (nSPS) is 12.2. The van der Waals surface area contributed by atoms with E-state index in [9.17, 15) is 13.2 Å². The average Bonchev–Trinajstić information content (AvgIpc) is 2.79. The van der Waals surface area contributed by atoms with Crippen molar-refractivity contribution in [1.82, 2.24) is 10.0 Å². The molecule has 1 atom stereocenters. The number of ether oxygens (including phenoxy) is 1. The molecule has 0 fully saturated rings. The van der Waals surface area contributed by atoms with E-state index in [4.69, 9.17) is 16.3 Å². The smallest absolute Gasteiger partial charge is 0.251 e. The molecule has 32 heavy (non-hydrogen) atoms. The number of hydrogen-bond donors (Lipinski definition) is 2. The molecule has 6 nitrogen and oxygen atoms in total. The van der Waals surface area contributed by atoms with E-state index in [0.717, 1.165) is 11.1 Å². The van der Waals surface area contributed by atoms with Crippen LogP contribution in [0, 0.1) is 0 Å². The number of hydrogen-bond acceptors (Lipinski definition) is 4. The predicted octanol–water partition coefficient (Wildman–Crippen LogP) is 4.36. The number of carbonyl (C=O) groups is 1. The van der Waals surface area contributed by atoms with Crippen LogP contribution < -0.4 is 14.8 Å². The lowest BCUT2D eigenvalue weighted by molar-refractivity contribution is 0.0939. The van der Waals surface area contributed by atoms with Gasteiger partial charge in [-0.3, -0.25) is 4.79 Å². The Morgan fingerprint density at radius 3 is 2.38 bits per heavy atom. The Bertz CT molecular complexity index is 1170. The van der Waals surface area contributed by atoms with Crippen molar-refractivity contribution in [3.63, 3.8) is 0 Å². The molecule has 0 heterocycles. The lowest BCUT2D eigenvalue weighted by atomic mass is 10.1. The van der Waals surface area contributed by atoms with Crippen LogP contribution in [0.1, 0.15) is 34.5 Å². The quantitative estimate of drug-likeness (QED) is 0.484. The number of carbonyl (C=O) groups excluding carboxylic acids is 1. The van der Waals surface area contributed by atoms with Crippen LogP contribution in [0.5, 0.6) is 5.75 Å². The zero-order valence-electron chi connectivity index (χ0n) is 17.8. The van der Waals surface area contributed by atoms with E-state index >= 15 is 0 Å². The standard InChI is InChI=1S/C24H25ClN2O4S/c1-17(19-8-11-21(25)12-9-19)27-24(28)20-10-13-22(31-2)23(16-20)32(29,30)26-15-14-18-6-4-3-5-7-18/h3-13,16-17,26H,14-15H2,1-2H3,(H,27,28)/t17-/m0/s1. The maximum absolute atomic E-state index is 12.9. The van der Waals surface area contributed by atoms with E-state index in [2.05, 4.69) is 10.0 Å². The van der Waals surface area contributed by atoms with Gasteiger partial charge in [-0.15, -0.1) is 0 Å². The van der Waals surface area contributed by atoms with Crippen molar-refractivity contribution in [2.75, 3.05) is 13.7 Å². The molecule has 0 aliphatic carbocycles. The fourth-order valence-corrected chi connectivity index (χ4v) is 4.55. The summed E-state index contributed by atoms with van der Waals surface area (Å²) in [6, 6.07) is 20.8. The van der Waals surface area contributed by atoms with Gasteiger partial charge in [0.15, 0.2) is 0 Å². The second-order valence-corrected chi connectivity index (χ2v) is 9.42. The number of rotatable bonds is 9. The SMILES string of the molecule is COc1ccc(C(=O)N[C@@H](C)c2ccc(Cl)cc2)cc1S(=O)(=O)NCCc1ccccc1. The summed E-state index contributed by atoms with van der Waals surface area (Å²) in [6.45, 7) is 2.06. The van der Waals surface area contributed by atoms with E-state index < -0.39 is 15.9 Å². The first-order valence-corrected chi connectivity index (χ1v) is 11.9. The number of methoxy groups -OCH3 is 1. The second-order valence-electron chi connectivity index (χ2n) is 7.25. The van der Waals surface area contributed by atoms with Crippen molar-refractivity contribution < 1.29 is 17.9 Å². The summed E-state index contributed by atoms with van der Waals surface area (Å²) in [5.41, 5.74) is 2.12. The molecule has 0 saturated heterocycles. The molecule has 3 aromatic carbocycles. The summed E-state index contributed by atoms with van der Waals surface area (Å²) >= 11 is 5.92. The zero-order valence-corrected chi connectivity index (χ0v) is 19.4. The van der Waals surface area contributed by atoms with Crippen molar-refractivity contribution in [1.29, 1.82) is 0 Å². The molecule has 0 unspecified atom stereocenters. The molecular weight excluding hydrogens is 448 g/mol. The van der Waals surface area contributed by atoms with E-state index in [0.29, 0.717) is 11.4 Å². The number of amides is 1. The van der Waals surface area contributed by atoms with Crippen molar-refractivity contribution in [2.45, 2.75) is 24.3 Å². The van der Waals surface area contributed by atoms with Crippen molar-refractivity contribution in [3.05, 3.63) is 94.5 Å². The third kappa shape index (κ3) is 6.09. The number of halogens is 1. The summed E-state index contributed by atoms with van der Waals surface area (Å²) in [4.78, 5) is 12.7. The Kier molecular flexibility index (Phi) is 7.90. The summed E-state index contributed by atoms with van der Waals surface area (Å²) in [7, 11) is -2.49. The van der Waals surface area contributed by atoms with Gasteiger partial charge < -0.3 is 10.1 Å². The van der Waals surface area contributed by atoms with Gasteiger partial charge in [-0.2, -0.15) is 0 Å². The highest BCUT2D eigenvalue weighted by atomic mass is 35.5. The van der Waals surface area contributed by atoms with Crippen LogP contribution in [0.4, 0.5) is 0 Å². The van der Waals surface area contributed by atoms with Crippen LogP contribution in [0.3, 0.4) is 0 Å². The highest BCUT2D eigenvalue weighted by Crippen LogP contribution is 2.25. The molecule has 3 aromatic rings. The fraction of sp³-hybridized carbons (Fsp3) is 0.208. The van der Waals surface area contributed by atoms with Gasteiger partial charge in [0.05, 0.1) is 13.2 Å². The largest absolute Gasteiger partial charge is 0.495 e. The maximum Gasteiger partial charge on any atom is 0.251 e. The Labute approximate surface area is 193 Å². The lowest BCUT2D eigenvalue weighted by Crippen LogP contribution is -2.28. The van der Waals surface area contributed by atoms with E-state index in [1.165, 1.54) is 25.3 Å². The lowest BCUT2D eigenvalue weighted by Gasteiger charge is -2.16. The van der Waals surface area contributed by atoms with Gasteiger partial charge >= 0.3 is 0 Å². The predicted molar refractivity (Wildman–Crippen MR) is 126 cm³/mol. The highest BCUT2D eigenvalue weighted by Gasteiger charge is 2.22. The Morgan fingerprint density at radius 1 is 1.03 bits per heavy atom. The van der Waals surface area contributed by atoms with Crippen LogP contribution in [0.15, 0.2) is 77.7 Å². The van der Waals surface area contributed by atoms with Crippen LogP contribution in [0.25, 0.3) is 0 Å². The molecule has 8 heteroatoms. The Balaban J connectivity index is 1.74. The Hall–Kier alpha value is -2.87. The first kappa shape index (κ1) is 23.8. The van der Waals surface area contributed by atoms with Crippen LogP contribution >= 0.6 is 11.6 Å². The van der Waals surface area contributed by atoms with Crippen LogP contribution in [0.2, 0.25) is 5.02 Å². The van der Waals surface area contributed by atoms with Gasteiger partial charge in [0.1, 0.15) is 10.6 Å². The third-order valence-corrected chi connectivity index (χ3v) is 6.72. The first-order chi connectivity index (χ1) is 15.3. The molecule has 168 valence electrons. The summed E-state index contributed by atoms with van der Waals surface area (Å²) < 4.78 is 33.6. The van der Waals surface area contributed by atoms with Crippen LogP contribution in [-0.2, 0) is 16.4 Å². The highest BCUT2D eigenvalue weighted by molar-refractivity contribution is 7.89. The van der Waals surface area contributed by atoms with Crippen molar-refractivity contribution in [3.8, 4) is 5.75 Å². The van der Waals surface area contributed by atoms with E-state index in [1.54, 1.807) is 12.1 Å². The molecule has 0 aliphatic heterocycles. The molecule has 0 aliphatic rings. The van der Waals surface area contributed by atoms with Gasteiger partial charge in [-0.1, -0.05) is 54.1 Å². The van der Waals surface area contributed by atoms with Crippen LogP contribution in [-0.4, -0.2) is 28.0 Å². The molecule has 2 N–H and O–H groups in total. The first-order valence-electron chi connectivity index (χ1n) is 10.1. The third-order valence-electron chi connectivity index (χ3n) is 4.98. The van der Waals surface area contributed by atoms with E-state index in [-0.39, 0.29) is 28.8 Å². The summed E-state index contributed by atoms with van der Waals surface area (Å²) in [5, 5.41) is 3.48. The van der Waals surface area contributed by atoms with Gasteiger partial charge in [0.25, 0.3) is 5.91 Å². The molecule has 0 aromatic heterocycles. The monoisotopic (exact) mass is 472 g/mol. The number of sulfonamides is 1.